The summed E-state index contributed by atoms with van der Waals surface area (Å²) >= 11 is 0. The molecule has 4 nitrogen and oxygen atoms in total. The van der Waals surface area contributed by atoms with Gasteiger partial charge in [-0.2, -0.15) is 5.26 Å². The summed E-state index contributed by atoms with van der Waals surface area (Å²) < 4.78 is 0. The molecule has 0 atom stereocenters. The van der Waals surface area contributed by atoms with Crippen molar-refractivity contribution in [3.63, 3.8) is 0 Å². The highest BCUT2D eigenvalue weighted by atomic mass is 16.4. The lowest BCUT2D eigenvalue weighted by Gasteiger charge is -2.28. The van der Waals surface area contributed by atoms with Gasteiger partial charge in [-0.15, -0.1) is 0 Å². The second kappa shape index (κ2) is 6.75. The van der Waals surface area contributed by atoms with Gasteiger partial charge in [-0.1, -0.05) is 12.8 Å². The molecule has 0 bridgehead atoms. The van der Waals surface area contributed by atoms with Crippen LogP contribution in [0.1, 0.15) is 52.4 Å². The molecule has 18 heavy (non-hydrogen) atoms. The van der Waals surface area contributed by atoms with Gasteiger partial charge in [-0.25, -0.2) is 0 Å². The van der Waals surface area contributed by atoms with Crippen molar-refractivity contribution in [3.05, 3.63) is 0 Å². The van der Waals surface area contributed by atoms with Gasteiger partial charge in [0, 0.05) is 6.04 Å². The smallest absolute Gasteiger partial charge is 0.317 e. The van der Waals surface area contributed by atoms with E-state index >= 15 is 0 Å². The number of nitriles is 1. The lowest BCUT2D eigenvalue weighted by Crippen LogP contribution is -2.38. The molecule has 102 valence electrons. The van der Waals surface area contributed by atoms with Crippen molar-refractivity contribution in [2.45, 2.75) is 58.4 Å². The van der Waals surface area contributed by atoms with E-state index in [4.69, 9.17) is 10.4 Å². The molecule has 0 aromatic rings. The van der Waals surface area contributed by atoms with Crippen LogP contribution in [0.2, 0.25) is 0 Å². The summed E-state index contributed by atoms with van der Waals surface area (Å²) in [5.74, 6) is -0.749. The fraction of sp³-hybridized carbons (Fsp3) is 0.857. The molecule has 1 N–H and O–H groups in total. The molecule has 0 aromatic carbocycles. The highest BCUT2D eigenvalue weighted by Crippen LogP contribution is 2.25. The van der Waals surface area contributed by atoms with Crippen molar-refractivity contribution in [2.75, 3.05) is 13.1 Å². The van der Waals surface area contributed by atoms with E-state index < -0.39 is 5.97 Å². The lowest BCUT2D eigenvalue weighted by atomic mass is 9.89. The Bertz CT molecular complexity index is 314. The Morgan fingerprint density at radius 2 is 2.06 bits per heavy atom. The van der Waals surface area contributed by atoms with Gasteiger partial charge < -0.3 is 5.11 Å². The third-order valence-electron chi connectivity index (χ3n) is 3.73. The summed E-state index contributed by atoms with van der Waals surface area (Å²) in [5, 5.41) is 17.9. The topological polar surface area (TPSA) is 64.3 Å². The quantitative estimate of drug-likeness (QED) is 0.756. The molecule has 1 rings (SSSR count). The summed E-state index contributed by atoms with van der Waals surface area (Å²) in [4.78, 5) is 13.0. The van der Waals surface area contributed by atoms with Gasteiger partial charge in [0.05, 0.1) is 18.0 Å². The Hall–Kier alpha value is -1.08. The van der Waals surface area contributed by atoms with Crippen molar-refractivity contribution in [1.29, 1.82) is 5.26 Å². The molecule has 0 aliphatic heterocycles. The van der Waals surface area contributed by atoms with E-state index in [0.717, 1.165) is 32.2 Å². The van der Waals surface area contributed by atoms with Crippen LogP contribution in [0.3, 0.4) is 0 Å². The number of aliphatic carboxylic acids is 1. The fourth-order valence-electron chi connectivity index (χ4n) is 2.61. The Balaban J connectivity index is 2.41. The zero-order valence-corrected chi connectivity index (χ0v) is 11.5. The average Bonchev–Trinajstić information content (AvgIpc) is 2.80. The van der Waals surface area contributed by atoms with Crippen LogP contribution in [0, 0.1) is 16.7 Å². The van der Waals surface area contributed by atoms with E-state index in [1.165, 1.54) is 12.8 Å². The minimum Gasteiger partial charge on any atom is -0.480 e. The first-order chi connectivity index (χ1) is 8.44. The summed E-state index contributed by atoms with van der Waals surface area (Å²) in [6.07, 6.45) is 6.38. The summed E-state index contributed by atoms with van der Waals surface area (Å²) in [7, 11) is 0. The Morgan fingerprint density at radius 1 is 1.44 bits per heavy atom. The monoisotopic (exact) mass is 252 g/mol. The van der Waals surface area contributed by atoms with E-state index in [2.05, 4.69) is 11.0 Å². The van der Waals surface area contributed by atoms with Crippen LogP contribution < -0.4 is 0 Å². The first-order valence-corrected chi connectivity index (χ1v) is 6.82. The molecule has 1 aliphatic rings. The van der Waals surface area contributed by atoms with E-state index in [0.29, 0.717) is 6.04 Å². The largest absolute Gasteiger partial charge is 0.480 e. The van der Waals surface area contributed by atoms with Crippen LogP contribution in [0.25, 0.3) is 0 Å². The lowest BCUT2D eigenvalue weighted by molar-refractivity contribution is -0.138. The number of hydrogen-bond acceptors (Lipinski definition) is 3. The maximum atomic E-state index is 10.9. The zero-order chi connectivity index (χ0) is 13.6. The highest BCUT2D eigenvalue weighted by Gasteiger charge is 2.25. The third-order valence-corrected chi connectivity index (χ3v) is 3.73. The molecule has 0 spiro atoms. The van der Waals surface area contributed by atoms with Gasteiger partial charge in [0.2, 0.25) is 0 Å². The fourth-order valence-corrected chi connectivity index (χ4v) is 2.61. The number of carboxylic acids is 1. The Kier molecular flexibility index (Phi) is 5.61. The molecular formula is C14H24N2O2. The maximum absolute atomic E-state index is 10.9. The Morgan fingerprint density at radius 3 is 2.56 bits per heavy atom. The molecule has 4 heteroatoms. The molecule has 0 amide bonds. The summed E-state index contributed by atoms with van der Waals surface area (Å²) in [6.45, 7) is 4.80. The standard InChI is InChI=1S/C14H24N2O2/c1-14(2,11-15)8-5-9-16(10-13(17)18)12-6-3-4-7-12/h12H,3-10H2,1-2H3,(H,17,18). The van der Waals surface area contributed by atoms with E-state index in [1.807, 2.05) is 13.8 Å². The zero-order valence-electron chi connectivity index (χ0n) is 11.5. The van der Waals surface area contributed by atoms with Gasteiger partial charge in [-0.05, 0) is 46.1 Å². The summed E-state index contributed by atoms with van der Waals surface area (Å²) in [6, 6.07) is 2.73. The first-order valence-electron chi connectivity index (χ1n) is 6.82. The molecule has 0 heterocycles. The molecule has 1 aliphatic carbocycles. The first kappa shape index (κ1) is 15.0. The second-order valence-electron chi connectivity index (χ2n) is 5.90. The van der Waals surface area contributed by atoms with Gasteiger partial charge in [-0.3, -0.25) is 9.69 Å². The van der Waals surface area contributed by atoms with Crippen molar-refractivity contribution < 1.29 is 9.90 Å². The maximum Gasteiger partial charge on any atom is 0.317 e. The van der Waals surface area contributed by atoms with Gasteiger partial charge in [0.15, 0.2) is 0 Å². The predicted octanol–water partition coefficient (Wildman–Crippen LogP) is 2.65. The minimum absolute atomic E-state index is 0.137. The molecule has 1 fully saturated rings. The van der Waals surface area contributed by atoms with E-state index in [9.17, 15) is 4.79 Å². The molecule has 0 radical (unpaired) electrons. The van der Waals surface area contributed by atoms with E-state index in [1.54, 1.807) is 0 Å². The molecule has 0 unspecified atom stereocenters. The van der Waals surface area contributed by atoms with Crippen molar-refractivity contribution in [1.82, 2.24) is 4.90 Å². The van der Waals surface area contributed by atoms with Gasteiger partial charge >= 0.3 is 5.97 Å². The van der Waals surface area contributed by atoms with Crippen LogP contribution >= 0.6 is 0 Å². The normalized spacial score (nSPS) is 17.0. The van der Waals surface area contributed by atoms with Gasteiger partial charge in [0.25, 0.3) is 0 Å². The second-order valence-corrected chi connectivity index (χ2v) is 5.90. The number of rotatable bonds is 7. The summed E-state index contributed by atoms with van der Waals surface area (Å²) in [5.41, 5.74) is -0.301. The van der Waals surface area contributed by atoms with Crippen LogP contribution in [0.5, 0.6) is 0 Å². The predicted molar refractivity (Wildman–Crippen MR) is 70.1 cm³/mol. The molecule has 1 saturated carbocycles. The molecular weight excluding hydrogens is 228 g/mol. The van der Waals surface area contributed by atoms with Crippen molar-refractivity contribution in [2.24, 2.45) is 5.41 Å². The molecule has 0 aromatic heterocycles. The van der Waals surface area contributed by atoms with E-state index in [-0.39, 0.29) is 12.0 Å². The van der Waals surface area contributed by atoms with Crippen LogP contribution in [0.15, 0.2) is 0 Å². The highest BCUT2D eigenvalue weighted by molar-refractivity contribution is 5.69. The van der Waals surface area contributed by atoms with Crippen molar-refractivity contribution >= 4 is 5.97 Å². The van der Waals surface area contributed by atoms with Gasteiger partial charge in [0.1, 0.15) is 0 Å². The van der Waals surface area contributed by atoms with Crippen molar-refractivity contribution in [3.8, 4) is 6.07 Å². The number of carbonyl (C=O) groups is 1. The van der Waals surface area contributed by atoms with Crippen LogP contribution in [0.4, 0.5) is 0 Å². The van der Waals surface area contributed by atoms with Crippen LogP contribution in [-0.2, 0) is 4.79 Å². The average molecular weight is 252 g/mol. The number of carboxylic acid groups (broad SMARTS) is 1. The van der Waals surface area contributed by atoms with Crippen LogP contribution in [-0.4, -0.2) is 35.1 Å². The third kappa shape index (κ3) is 5.05. The number of hydrogen-bond donors (Lipinski definition) is 1. The number of nitrogens with zero attached hydrogens (tertiary/aromatic N) is 2. The molecule has 0 saturated heterocycles. The Labute approximate surface area is 110 Å². The SMILES string of the molecule is CC(C)(C#N)CCCN(CC(=O)O)C1CCCC1. The minimum atomic E-state index is -0.749.